The van der Waals surface area contributed by atoms with Crippen LogP contribution in [0.1, 0.15) is 25.7 Å². The number of rotatable bonds is 8. The molecule has 0 aromatic rings. The molecule has 130 valence electrons. The summed E-state index contributed by atoms with van der Waals surface area (Å²) in [6.07, 6.45) is -2.93. The van der Waals surface area contributed by atoms with E-state index >= 15 is 0 Å². The average molecular weight is 331 g/mol. The van der Waals surface area contributed by atoms with Crippen molar-refractivity contribution in [2.45, 2.75) is 37.9 Å². The third kappa shape index (κ3) is 14.5. The highest BCUT2D eigenvalue weighted by Gasteiger charge is 2.38. The molecule has 0 fully saturated rings. The van der Waals surface area contributed by atoms with Crippen LogP contribution < -0.4 is 16.8 Å². The Morgan fingerprint density at radius 1 is 1.14 bits per heavy atom. The molecular weight excluding hydrogens is 311 g/mol. The number of hydrogen-bond donors (Lipinski definition) is 5. The molecule has 11 heteroatoms. The van der Waals surface area contributed by atoms with Gasteiger partial charge in [0.15, 0.2) is 0 Å². The SMILES string of the molecule is NCCCCC(N)C(=O)NCCC(=O)O.O=C(O)C(F)(F)F. The quantitative estimate of drug-likeness (QED) is 0.381. The van der Waals surface area contributed by atoms with Crippen molar-refractivity contribution >= 4 is 17.8 Å². The standard InChI is InChI=1S/C9H19N3O3.C2HF3O2/c10-5-2-1-3-7(11)9(15)12-6-4-8(13)14;3-2(4,5)1(6)7/h7H,1-6,10-11H2,(H,12,15)(H,13,14);(H,6,7). The van der Waals surface area contributed by atoms with Crippen molar-refractivity contribution in [1.29, 1.82) is 0 Å². The van der Waals surface area contributed by atoms with Crippen molar-refractivity contribution in [3.63, 3.8) is 0 Å². The van der Waals surface area contributed by atoms with E-state index in [0.717, 1.165) is 12.8 Å². The minimum absolute atomic E-state index is 0.0821. The number of nitrogens with two attached hydrogens (primary N) is 2. The molecule has 22 heavy (non-hydrogen) atoms. The number of carbonyl (C=O) groups is 3. The maximum absolute atomic E-state index is 11.3. The van der Waals surface area contributed by atoms with Crippen LogP contribution in [0.5, 0.6) is 0 Å². The number of alkyl halides is 3. The molecule has 0 aliphatic carbocycles. The minimum atomic E-state index is -5.08. The van der Waals surface area contributed by atoms with Crippen LogP contribution in [-0.2, 0) is 14.4 Å². The summed E-state index contributed by atoms with van der Waals surface area (Å²) in [4.78, 5) is 30.3. The average Bonchev–Trinajstić information content (AvgIpc) is 2.37. The van der Waals surface area contributed by atoms with Crippen LogP contribution in [0.3, 0.4) is 0 Å². The van der Waals surface area contributed by atoms with Crippen LogP contribution in [0, 0.1) is 0 Å². The molecule has 7 N–H and O–H groups in total. The van der Waals surface area contributed by atoms with Gasteiger partial charge in [0.2, 0.25) is 5.91 Å². The molecule has 0 spiro atoms. The van der Waals surface area contributed by atoms with Gasteiger partial charge >= 0.3 is 18.1 Å². The van der Waals surface area contributed by atoms with Crippen molar-refractivity contribution in [1.82, 2.24) is 5.32 Å². The molecule has 0 heterocycles. The van der Waals surface area contributed by atoms with E-state index in [1.165, 1.54) is 0 Å². The van der Waals surface area contributed by atoms with Gasteiger partial charge in [-0.15, -0.1) is 0 Å². The van der Waals surface area contributed by atoms with E-state index < -0.39 is 24.2 Å². The topological polar surface area (TPSA) is 156 Å². The molecule has 1 atom stereocenters. The number of carboxylic acids is 2. The van der Waals surface area contributed by atoms with Gasteiger partial charge in [0, 0.05) is 6.54 Å². The summed E-state index contributed by atoms with van der Waals surface area (Å²) >= 11 is 0. The summed E-state index contributed by atoms with van der Waals surface area (Å²) in [6.45, 7) is 0.714. The highest BCUT2D eigenvalue weighted by Crippen LogP contribution is 2.13. The summed E-state index contributed by atoms with van der Waals surface area (Å²) in [5.74, 6) is -3.99. The monoisotopic (exact) mass is 331 g/mol. The van der Waals surface area contributed by atoms with Gasteiger partial charge in [0.25, 0.3) is 0 Å². The first-order valence-corrected chi connectivity index (χ1v) is 6.27. The van der Waals surface area contributed by atoms with Gasteiger partial charge in [0.05, 0.1) is 12.5 Å². The third-order valence-corrected chi connectivity index (χ3v) is 2.19. The Morgan fingerprint density at radius 3 is 2.00 bits per heavy atom. The fourth-order valence-electron chi connectivity index (χ4n) is 1.06. The highest BCUT2D eigenvalue weighted by molar-refractivity contribution is 5.81. The predicted molar refractivity (Wildman–Crippen MR) is 69.8 cm³/mol. The van der Waals surface area contributed by atoms with Crippen LogP contribution in [0.25, 0.3) is 0 Å². The zero-order valence-corrected chi connectivity index (χ0v) is 11.7. The summed E-state index contributed by atoms with van der Waals surface area (Å²) < 4.78 is 31.7. The number of hydrogen-bond acceptors (Lipinski definition) is 5. The van der Waals surface area contributed by atoms with Crippen LogP contribution >= 0.6 is 0 Å². The lowest BCUT2D eigenvalue weighted by Crippen LogP contribution is -2.41. The van der Waals surface area contributed by atoms with Gasteiger partial charge in [-0.1, -0.05) is 6.42 Å². The number of halogens is 3. The van der Waals surface area contributed by atoms with Gasteiger partial charge in [-0.05, 0) is 19.4 Å². The Balaban J connectivity index is 0. The maximum Gasteiger partial charge on any atom is 0.490 e. The fourth-order valence-corrected chi connectivity index (χ4v) is 1.06. The van der Waals surface area contributed by atoms with E-state index in [0.29, 0.717) is 13.0 Å². The second-order valence-corrected chi connectivity index (χ2v) is 4.13. The fraction of sp³-hybridized carbons (Fsp3) is 0.727. The Hall–Kier alpha value is -1.88. The number of carbonyl (C=O) groups excluding carboxylic acids is 1. The van der Waals surface area contributed by atoms with Gasteiger partial charge in [-0.25, -0.2) is 4.79 Å². The van der Waals surface area contributed by atoms with E-state index in [1.807, 2.05) is 0 Å². The van der Waals surface area contributed by atoms with Crippen molar-refractivity contribution in [3.8, 4) is 0 Å². The van der Waals surface area contributed by atoms with Crippen molar-refractivity contribution < 1.29 is 37.8 Å². The Bertz CT molecular complexity index is 363. The second kappa shape index (κ2) is 11.7. The zero-order chi connectivity index (χ0) is 17.8. The third-order valence-electron chi connectivity index (χ3n) is 2.19. The molecule has 0 aromatic heterocycles. The Kier molecular flexibility index (Phi) is 12.0. The molecule has 0 aromatic carbocycles. The molecule has 0 radical (unpaired) electrons. The smallest absolute Gasteiger partial charge is 0.481 e. The number of unbranched alkanes of at least 4 members (excludes halogenated alkanes) is 1. The van der Waals surface area contributed by atoms with E-state index in [2.05, 4.69) is 5.32 Å². The molecule has 1 unspecified atom stereocenters. The van der Waals surface area contributed by atoms with Gasteiger partial charge < -0.3 is 27.0 Å². The van der Waals surface area contributed by atoms with Crippen molar-refractivity contribution in [2.75, 3.05) is 13.1 Å². The highest BCUT2D eigenvalue weighted by atomic mass is 19.4. The molecule has 0 aliphatic rings. The molecular formula is C11H20F3N3O5. The lowest BCUT2D eigenvalue weighted by Gasteiger charge is -2.10. The summed E-state index contributed by atoms with van der Waals surface area (Å²) in [7, 11) is 0. The largest absolute Gasteiger partial charge is 0.490 e. The van der Waals surface area contributed by atoms with Crippen LogP contribution in [0.2, 0.25) is 0 Å². The molecule has 0 rings (SSSR count). The molecule has 0 saturated carbocycles. The second-order valence-electron chi connectivity index (χ2n) is 4.13. The molecule has 0 aliphatic heterocycles. The number of nitrogens with one attached hydrogen (secondary N) is 1. The number of aliphatic carboxylic acids is 2. The lowest BCUT2D eigenvalue weighted by molar-refractivity contribution is -0.192. The van der Waals surface area contributed by atoms with Crippen molar-refractivity contribution in [3.05, 3.63) is 0 Å². The van der Waals surface area contributed by atoms with Gasteiger partial charge in [-0.3, -0.25) is 9.59 Å². The molecule has 8 nitrogen and oxygen atoms in total. The van der Waals surface area contributed by atoms with Crippen molar-refractivity contribution in [2.24, 2.45) is 11.5 Å². The van der Waals surface area contributed by atoms with E-state index in [9.17, 15) is 22.8 Å². The summed E-state index contributed by atoms with van der Waals surface area (Å²) in [6, 6.07) is -0.564. The van der Waals surface area contributed by atoms with E-state index in [1.54, 1.807) is 0 Å². The van der Waals surface area contributed by atoms with Crippen LogP contribution in [0.4, 0.5) is 13.2 Å². The first-order valence-electron chi connectivity index (χ1n) is 6.27. The van der Waals surface area contributed by atoms with Crippen LogP contribution in [0.15, 0.2) is 0 Å². The van der Waals surface area contributed by atoms with E-state index in [4.69, 9.17) is 26.5 Å². The van der Waals surface area contributed by atoms with Crippen LogP contribution in [-0.4, -0.2) is 53.4 Å². The first kappa shape index (κ1) is 22.4. The predicted octanol–water partition coefficient (Wildman–Crippen LogP) is -0.333. The van der Waals surface area contributed by atoms with Gasteiger partial charge in [-0.2, -0.15) is 13.2 Å². The lowest BCUT2D eigenvalue weighted by atomic mass is 10.1. The molecule has 0 bridgehead atoms. The normalized spacial score (nSPS) is 11.9. The first-order chi connectivity index (χ1) is 10.0. The Labute approximate surface area is 124 Å². The van der Waals surface area contributed by atoms with E-state index in [-0.39, 0.29) is 18.9 Å². The number of amides is 1. The summed E-state index contributed by atoms with van der Waals surface area (Å²) in [5.41, 5.74) is 10.9. The molecule has 1 amide bonds. The Morgan fingerprint density at radius 2 is 1.64 bits per heavy atom. The minimum Gasteiger partial charge on any atom is -0.481 e. The van der Waals surface area contributed by atoms with Gasteiger partial charge in [0.1, 0.15) is 0 Å². The number of carboxylic acid groups (broad SMARTS) is 2. The zero-order valence-electron chi connectivity index (χ0n) is 11.7. The summed E-state index contributed by atoms with van der Waals surface area (Å²) in [5, 5.41) is 17.9. The molecule has 0 saturated heterocycles. The maximum atomic E-state index is 11.3.